The normalized spacial score (nSPS) is 17.4. The molecule has 2 heterocycles. The highest BCUT2D eigenvalue weighted by Crippen LogP contribution is 2.31. The molecule has 1 N–H and O–H groups in total. The highest BCUT2D eigenvalue weighted by atomic mass is 32.2. The van der Waals surface area contributed by atoms with Gasteiger partial charge in [-0.3, -0.25) is 14.5 Å². The third-order valence-corrected chi connectivity index (χ3v) is 5.16. The predicted molar refractivity (Wildman–Crippen MR) is 97.7 cm³/mol. The van der Waals surface area contributed by atoms with Gasteiger partial charge >= 0.3 is 0 Å². The van der Waals surface area contributed by atoms with E-state index in [9.17, 15) is 9.59 Å². The molecule has 1 saturated heterocycles. The predicted octanol–water partition coefficient (Wildman–Crippen LogP) is 3.35. The molecule has 1 atom stereocenters. The summed E-state index contributed by atoms with van der Waals surface area (Å²) in [6, 6.07) is 11.1. The molecule has 7 heteroatoms. The van der Waals surface area contributed by atoms with Crippen molar-refractivity contribution in [3.05, 3.63) is 54.0 Å². The first-order chi connectivity index (χ1) is 11.5. The van der Waals surface area contributed by atoms with Crippen molar-refractivity contribution in [2.24, 2.45) is 0 Å². The molecule has 1 aliphatic rings. The molecular formula is C17H16N2O3S2. The van der Waals surface area contributed by atoms with Gasteiger partial charge < -0.3 is 9.73 Å². The maximum absolute atomic E-state index is 12.5. The molecule has 1 aromatic carbocycles. The third-order valence-electron chi connectivity index (χ3n) is 3.57. The van der Waals surface area contributed by atoms with E-state index >= 15 is 0 Å². The van der Waals surface area contributed by atoms with Gasteiger partial charge in [-0.05, 0) is 36.8 Å². The summed E-state index contributed by atoms with van der Waals surface area (Å²) in [6.07, 6.45) is 1.64. The van der Waals surface area contributed by atoms with Gasteiger partial charge in [0.05, 0.1) is 18.1 Å². The fourth-order valence-electron chi connectivity index (χ4n) is 2.43. The van der Waals surface area contributed by atoms with Gasteiger partial charge in [0, 0.05) is 12.1 Å². The Bertz CT molecular complexity index is 774. The lowest BCUT2D eigenvalue weighted by molar-refractivity contribution is -0.128. The molecule has 1 fully saturated rings. The summed E-state index contributed by atoms with van der Waals surface area (Å²) in [4.78, 5) is 26.2. The quantitative estimate of drug-likeness (QED) is 0.829. The molecule has 124 valence electrons. The van der Waals surface area contributed by atoms with Crippen LogP contribution in [0.5, 0.6) is 0 Å². The van der Waals surface area contributed by atoms with Crippen LogP contribution in [0, 0.1) is 6.92 Å². The number of thiocarbonyl (C=S) groups is 1. The lowest BCUT2D eigenvalue weighted by atomic mass is 10.2. The van der Waals surface area contributed by atoms with Crippen molar-refractivity contribution >= 4 is 45.8 Å². The average Bonchev–Trinajstić information content (AvgIpc) is 3.12. The summed E-state index contributed by atoms with van der Waals surface area (Å²) in [5, 5.41) is 2.33. The Hall–Kier alpha value is -2.12. The zero-order valence-electron chi connectivity index (χ0n) is 13.0. The summed E-state index contributed by atoms with van der Waals surface area (Å²) in [6.45, 7) is 2.25. The summed E-state index contributed by atoms with van der Waals surface area (Å²) in [5.41, 5.74) is 1.79. The average molecular weight is 360 g/mol. The number of benzene rings is 1. The zero-order valence-corrected chi connectivity index (χ0v) is 14.7. The molecule has 0 aliphatic carbocycles. The second-order valence-electron chi connectivity index (χ2n) is 5.50. The molecular weight excluding hydrogens is 344 g/mol. The number of hydrogen-bond donors (Lipinski definition) is 1. The van der Waals surface area contributed by atoms with E-state index in [4.69, 9.17) is 16.6 Å². The van der Waals surface area contributed by atoms with E-state index < -0.39 is 5.25 Å². The Labute approximate surface area is 149 Å². The topological polar surface area (TPSA) is 62.6 Å². The minimum absolute atomic E-state index is 0.0895. The number of rotatable bonds is 5. The molecule has 0 bridgehead atoms. The molecule has 0 spiro atoms. The highest BCUT2D eigenvalue weighted by molar-refractivity contribution is 8.24. The number of nitrogens with one attached hydrogen (secondary N) is 1. The molecule has 1 aliphatic heterocycles. The second kappa shape index (κ2) is 7.19. The first-order valence-electron chi connectivity index (χ1n) is 7.44. The smallest absolute Gasteiger partial charge is 0.242 e. The van der Waals surface area contributed by atoms with Gasteiger partial charge in [-0.2, -0.15) is 0 Å². The van der Waals surface area contributed by atoms with Crippen LogP contribution in [0.4, 0.5) is 5.69 Å². The van der Waals surface area contributed by atoms with Gasteiger partial charge in [-0.1, -0.05) is 36.1 Å². The number of amides is 2. The summed E-state index contributed by atoms with van der Waals surface area (Å²) < 4.78 is 5.73. The van der Waals surface area contributed by atoms with Crippen LogP contribution in [0.15, 0.2) is 47.1 Å². The molecule has 2 amide bonds. The Kier molecular flexibility index (Phi) is 5.01. The van der Waals surface area contributed by atoms with Crippen molar-refractivity contribution in [1.82, 2.24) is 4.90 Å². The first-order valence-corrected chi connectivity index (χ1v) is 8.72. The van der Waals surface area contributed by atoms with Crippen molar-refractivity contribution in [2.45, 2.75) is 25.1 Å². The number of thioether (sulfide) groups is 1. The Morgan fingerprint density at radius 3 is 2.92 bits per heavy atom. The summed E-state index contributed by atoms with van der Waals surface area (Å²) in [7, 11) is 0. The molecule has 0 radical (unpaired) electrons. The first kappa shape index (κ1) is 16.7. The molecule has 24 heavy (non-hydrogen) atoms. The SMILES string of the molecule is Cc1cccc(NC(=O)CC2SC(=S)N(Cc3ccco3)C2=O)c1. The van der Waals surface area contributed by atoms with Crippen LogP contribution in [0.1, 0.15) is 17.7 Å². The lowest BCUT2D eigenvalue weighted by Crippen LogP contribution is -2.32. The number of nitrogens with zero attached hydrogens (tertiary/aromatic N) is 1. The number of carbonyl (C=O) groups excluding carboxylic acids is 2. The Morgan fingerprint density at radius 2 is 2.21 bits per heavy atom. The number of aryl methyl sites for hydroxylation is 1. The van der Waals surface area contributed by atoms with E-state index in [2.05, 4.69) is 5.32 Å². The fraction of sp³-hybridized carbons (Fsp3) is 0.235. The van der Waals surface area contributed by atoms with Crippen molar-refractivity contribution in [1.29, 1.82) is 0 Å². The van der Waals surface area contributed by atoms with E-state index in [0.717, 1.165) is 11.3 Å². The van der Waals surface area contributed by atoms with Gasteiger partial charge in [-0.25, -0.2) is 0 Å². The zero-order chi connectivity index (χ0) is 17.1. The monoisotopic (exact) mass is 360 g/mol. The number of anilines is 1. The number of hydrogen-bond acceptors (Lipinski definition) is 5. The van der Waals surface area contributed by atoms with Crippen molar-refractivity contribution in [3.63, 3.8) is 0 Å². The fourth-order valence-corrected chi connectivity index (χ4v) is 3.92. The van der Waals surface area contributed by atoms with Crippen LogP contribution < -0.4 is 5.32 Å². The van der Waals surface area contributed by atoms with E-state index in [1.54, 1.807) is 18.4 Å². The summed E-state index contributed by atoms with van der Waals surface area (Å²) in [5.74, 6) is 0.311. The van der Waals surface area contributed by atoms with Gasteiger partial charge in [-0.15, -0.1) is 0 Å². The highest BCUT2D eigenvalue weighted by Gasteiger charge is 2.38. The second-order valence-corrected chi connectivity index (χ2v) is 7.33. The Morgan fingerprint density at radius 1 is 1.38 bits per heavy atom. The molecule has 3 rings (SSSR count). The molecule has 2 aromatic rings. The molecule has 1 aromatic heterocycles. The van der Waals surface area contributed by atoms with Crippen molar-refractivity contribution in [3.8, 4) is 0 Å². The Balaban J connectivity index is 1.60. The summed E-state index contributed by atoms with van der Waals surface area (Å²) >= 11 is 6.51. The minimum Gasteiger partial charge on any atom is -0.467 e. The maximum Gasteiger partial charge on any atom is 0.242 e. The minimum atomic E-state index is -0.489. The van der Waals surface area contributed by atoms with Crippen LogP contribution >= 0.6 is 24.0 Å². The van der Waals surface area contributed by atoms with E-state index in [-0.39, 0.29) is 18.2 Å². The van der Waals surface area contributed by atoms with Crippen LogP contribution in [-0.4, -0.2) is 26.3 Å². The van der Waals surface area contributed by atoms with Crippen molar-refractivity contribution in [2.75, 3.05) is 5.32 Å². The number of carbonyl (C=O) groups is 2. The van der Waals surface area contributed by atoms with Crippen LogP contribution in [0.3, 0.4) is 0 Å². The van der Waals surface area contributed by atoms with Crippen LogP contribution in [-0.2, 0) is 16.1 Å². The standard InChI is InChI=1S/C17H16N2O3S2/c1-11-4-2-5-12(8-11)18-15(20)9-14-16(21)19(17(23)24-14)10-13-6-3-7-22-13/h2-8,14H,9-10H2,1H3,(H,18,20). The molecule has 1 unspecified atom stereocenters. The number of furan rings is 1. The largest absolute Gasteiger partial charge is 0.467 e. The van der Waals surface area contributed by atoms with E-state index in [1.807, 2.05) is 31.2 Å². The van der Waals surface area contributed by atoms with Gasteiger partial charge in [0.2, 0.25) is 11.8 Å². The van der Waals surface area contributed by atoms with Gasteiger partial charge in [0.25, 0.3) is 0 Å². The van der Waals surface area contributed by atoms with Crippen LogP contribution in [0.2, 0.25) is 0 Å². The maximum atomic E-state index is 12.5. The van der Waals surface area contributed by atoms with Crippen LogP contribution in [0.25, 0.3) is 0 Å². The molecule has 5 nitrogen and oxygen atoms in total. The third kappa shape index (κ3) is 3.85. The van der Waals surface area contributed by atoms with Gasteiger partial charge in [0.15, 0.2) is 0 Å². The lowest BCUT2D eigenvalue weighted by Gasteiger charge is -2.13. The molecule has 0 saturated carbocycles. The van der Waals surface area contributed by atoms with Crippen molar-refractivity contribution < 1.29 is 14.0 Å². The van der Waals surface area contributed by atoms with E-state index in [1.165, 1.54) is 16.7 Å². The van der Waals surface area contributed by atoms with Gasteiger partial charge in [0.1, 0.15) is 10.1 Å². The van der Waals surface area contributed by atoms with E-state index in [0.29, 0.717) is 16.6 Å².